The van der Waals surface area contributed by atoms with Crippen molar-refractivity contribution in [2.24, 2.45) is 0 Å². The van der Waals surface area contributed by atoms with Gasteiger partial charge in [-0.1, -0.05) is 6.07 Å². The average Bonchev–Trinajstić information content (AvgIpc) is 3.28. The van der Waals surface area contributed by atoms with Gasteiger partial charge in [-0.05, 0) is 24.8 Å². The van der Waals surface area contributed by atoms with Crippen molar-refractivity contribution in [2.45, 2.75) is 32.9 Å². The van der Waals surface area contributed by atoms with Crippen molar-refractivity contribution in [1.82, 2.24) is 19.4 Å². The molecule has 1 fully saturated rings. The Balaban J connectivity index is 1.62. The van der Waals surface area contributed by atoms with E-state index < -0.39 is 0 Å². The maximum absolute atomic E-state index is 12.5. The summed E-state index contributed by atoms with van der Waals surface area (Å²) in [7, 11) is 0. The highest BCUT2D eigenvalue weighted by Gasteiger charge is 2.32. The highest BCUT2D eigenvalue weighted by molar-refractivity contribution is 7.12. The monoisotopic (exact) mass is 346 g/mol. The maximum Gasteiger partial charge on any atom is 0.263 e. The molecule has 0 aromatic carbocycles. The lowest BCUT2D eigenvalue weighted by Crippen LogP contribution is -2.43. The minimum absolute atomic E-state index is 0.0585. The quantitative estimate of drug-likeness (QED) is 0.832. The molecule has 1 aliphatic rings. The first-order chi connectivity index (χ1) is 11.6. The first-order valence-corrected chi connectivity index (χ1v) is 9.02. The zero-order valence-electron chi connectivity index (χ0n) is 14.0. The molecule has 2 aromatic rings. The Morgan fingerprint density at radius 2 is 2.29 bits per heavy atom. The van der Waals surface area contributed by atoms with Crippen LogP contribution in [-0.2, 0) is 11.3 Å². The molecule has 0 saturated carbocycles. The normalized spacial score (nSPS) is 17.2. The van der Waals surface area contributed by atoms with Crippen LogP contribution >= 0.6 is 11.3 Å². The van der Waals surface area contributed by atoms with E-state index in [4.69, 9.17) is 0 Å². The van der Waals surface area contributed by atoms with E-state index in [1.165, 1.54) is 11.3 Å². The van der Waals surface area contributed by atoms with E-state index in [1.807, 2.05) is 45.0 Å². The van der Waals surface area contributed by atoms with E-state index in [0.29, 0.717) is 19.6 Å². The van der Waals surface area contributed by atoms with Crippen LogP contribution in [0.3, 0.4) is 0 Å². The number of hydrogen-bond acceptors (Lipinski definition) is 4. The summed E-state index contributed by atoms with van der Waals surface area (Å²) in [5.41, 5.74) is 0. The Bertz CT molecular complexity index is 710. The molecule has 2 aromatic heterocycles. The summed E-state index contributed by atoms with van der Waals surface area (Å²) in [4.78, 5) is 33.3. The highest BCUT2D eigenvalue weighted by Crippen LogP contribution is 2.20. The predicted octanol–water partition coefficient (Wildman–Crippen LogP) is 2.02. The Morgan fingerprint density at radius 3 is 2.92 bits per heavy atom. The number of carbonyl (C=O) groups is 2. The number of thiophene rings is 1. The molecule has 3 heterocycles. The van der Waals surface area contributed by atoms with E-state index in [2.05, 4.69) is 4.98 Å². The number of rotatable bonds is 5. The fraction of sp³-hybridized carbons (Fsp3) is 0.471. The van der Waals surface area contributed by atoms with Gasteiger partial charge in [0.05, 0.1) is 10.9 Å². The van der Waals surface area contributed by atoms with Crippen LogP contribution in [0.2, 0.25) is 0 Å². The lowest BCUT2D eigenvalue weighted by atomic mass is 10.2. The number of imidazole rings is 1. The average molecular weight is 346 g/mol. The van der Waals surface area contributed by atoms with Crippen molar-refractivity contribution in [3.63, 3.8) is 0 Å². The van der Waals surface area contributed by atoms with Gasteiger partial charge < -0.3 is 14.4 Å². The van der Waals surface area contributed by atoms with E-state index in [0.717, 1.165) is 23.7 Å². The lowest BCUT2D eigenvalue weighted by Gasteiger charge is -2.28. The SMILES string of the molecule is CC(=O)N(CCn1ccnc1C)C1CCN(C(=O)c2cccs2)C1. The lowest BCUT2D eigenvalue weighted by molar-refractivity contribution is -0.131. The fourth-order valence-corrected chi connectivity index (χ4v) is 3.88. The molecule has 128 valence electrons. The third-order valence-corrected chi connectivity index (χ3v) is 5.39. The second kappa shape index (κ2) is 7.17. The maximum atomic E-state index is 12.5. The van der Waals surface area contributed by atoms with Gasteiger partial charge in [-0.2, -0.15) is 0 Å². The fourth-order valence-electron chi connectivity index (χ4n) is 3.19. The summed E-state index contributed by atoms with van der Waals surface area (Å²) in [6, 6.07) is 3.83. The molecule has 1 atom stereocenters. The number of aromatic nitrogens is 2. The Morgan fingerprint density at radius 1 is 1.46 bits per heavy atom. The summed E-state index contributed by atoms with van der Waals surface area (Å²) in [6.45, 7) is 6.23. The molecule has 0 bridgehead atoms. The van der Waals surface area contributed by atoms with Crippen LogP contribution in [-0.4, -0.2) is 56.8 Å². The van der Waals surface area contributed by atoms with Crippen molar-refractivity contribution in [1.29, 1.82) is 0 Å². The third kappa shape index (κ3) is 3.51. The summed E-state index contributed by atoms with van der Waals surface area (Å²) >= 11 is 1.46. The van der Waals surface area contributed by atoms with Gasteiger partial charge in [0, 0.05) is 45.5 Å². The van der Waals surface area contributed by atoms with Crippen molar-refractivity contribution < 1.29 is 9.59 Å². The van der Waals surface area contributed by atoms with Crippen molar-refractivity contribution in [2.75, 3.05) is 19.6 Å². The number of likely N-dealkylation sites (tertiary alicyclic amines) is 1. The summed E-state index contributed by atoms with van der Waals surface area (Å²) in [5.74, 6) is 1.07. The molecule has 0 N–H and O–H groups in total. The largest absolute Gasteiger partial charge is 0.336 e. The molecule has 2 amide bonds. The molecular formula is C17H22N4O2S. The predicted molar refractivity (Wildman–Crippen MR) is 93.0 cm³/mol. The minimum Gasteiger partial charge on any atom is -0.336 e. The molecule has 0 spiro atoms. The van der Waals surface area contributed by atoms with Gasteiger partial charge in [-0.15, -0.1) is 11.3 Å². The van der Waals surface area contributed by atoms with Gasteiger partial charge in [0.25, 0.3) is 5.91 Å². The number of amides is 2. The van der Waals surface area contributed by atoms with E-state index in [1.54, 1.807) is 13.1 Å². The molecule has 6 nitrogen and oxygen atoms in total. The van der Waals surface area contributed by atoms with Crippen LogP contribution in [0.5, 0.6) is 0 Å². The zero-order chi connectivity index (χ0) is 17.1. The summed E-state index contributed by atoms with van der Waals surface area (Å²) in [6.07, 6.45) is 4.53. The summed E-state index contributed by atoms with van der Waals surface area (Å²) < 4.78 is 2.04. The van der Waals surface area contributed by atoms with Crippen LogP contribution in [0, 0.1) is 6.92 Å². The minimum atomic E-state index is 0.0585. The zero-order valence-corrected chi connectivity index (χ0v) is 14.8. The van der Waals surface area contributed by atoms with E-state index in [9.17, 15) is 9.59 Å². The van der Waals surface area contributed by atoms with Gasteiger partial charge >= 0.3 is 0 Å². The van der Waals surface area contributed by atoms with Gasteiger partial charge in [0.1, 0.15) is 5.82 Å². The number of hydrogen-bond donors (Lipinski definition) is 0. The van der Waals surface area contributed by atoms with Crippen molar-refractivity contribution >= 4 is 23.2 Å². The summed E-state index contributed by atoms with van der Waals surface area (Å²) in [5, 5.41) is 1.91. The standard InChI is InChI=1S/C17H22N4O2S/c1-13-18-6-8-19(13)9-10-21(14(2)22)15-5-7-20(12-15)17(23)16-4-3-11-24-16/h3-4,6,8,11,15H,5,7,9-10,12H2,1-2H3. The second-order valence-corrected chi connectivity index (χ2v) is 7.00. The molecule has 1 saturated heterocycles. The molecule has 0 aliphatic carbocycles. The molecule has 7 heteroatoms. The molecule has 24 heavy (non-hydrogen) atoms. The van der Waals surface area contributed by atoms with Crippen LogP contribution in [0.15, 0.2) is 29.9 Å². The van der Waals surface area contributed by atoms with E-state index >= 15 is 0 Å². The Hall–Kier alpha value is -2.15. The smallest absolute Gasteiger partial charge is 0.263 e. The van der Waals surface area contributed by atoms with E-state index in [-0.39, 0.29) is 17.9 Å². The van der Waals surface area contributed by atoms with Gasteiger partial charge in [0.15, 0.2) is 0 Å². The molecule has 0 radical (unpaired) electrons. The van der Waals surface area contributed by atoms with Crippen LogP contribution in [0.25, 0.3) is 0 Å². The Labute approximate surface area is 145 Å². The van der Waals surface area contributed by atoms with Crippen LogP contribution in [0.4, 0.5) is 0 Å². The van der Waals surface area contributed by atoms with Crippen molar-refractivity contribution in [3.05, 3.63) is 40.6 Å². The van der Waals surface area contributed by atoms with Gasteiger partial charge in [-0.3, -0.25) is 9.59 Å². The van der Waals surface area contributed by atoms with Crippen molar-refractivity contribution in [3.8, 4) is 0 Å². The number of nitrogens with zero attached hydrogens (tertiary/aromatic N) is 4. The molecule has 1 aliphatic heterocycles. The molecule has 3 rings (SSSR count). The number of aryl methyl sites for hydroxylation is 1. The first-order valence-electron chi connectivity index (χ1n) is 8.14. The second-order valence-electron chi connectivity index (χ2n) is 6.05. The van der Waals surface area contributed by atoms with Crippen LogP contribution < -0.4 is 0 Å². The van der Waals surface area contributed by atoms with Gasteiger partial charge in [-0.25, -0.2) is 4.98 Å². The molecular weight excluding hydrogens is 324 g/mol. The highest BCUT2D eigenvalue weighted by atomic mass is 32.1. The number of carbonyl (C=O) groups excluding carboxylic acids is 2. The van der Waals surface area contributed by atoms with Crippen LogP contribution in [0.1, 0.15) is 28.8 Å². The first kappa shape index (κ1) is 16.7. The third-order valence-electron chi connectivity index (χ3n) is 4.53. The Kier molecular flexibility index (Phi) is 4.99. The van der Waals surface area contributed by atoms with Gasteiger partial charge in [0.2, 0.25) is 5.91 Å². The molecule has 1 unspecified atom stereocenters. The topological polar surface area (TPSA) is 58.4 Å².